The molecule has 3 nitrogen and oxygen atoms in total. The number of halogens is 1. The monoisotopic (exact) mass is 277 g/mol. The number of nitrogens with zero attached hydrogens (tertiary/aromatic N) is 3. The van der Waals surface area contributed by atoms with Crippen LogP contribution < -0.4 is 4.90 Å². The van der Waals surface area contributed by atoms with Gasteiger partial charge in [-0.1, -0.05) is 6.07 Å². The predicted molar refractivity (Wildman–Crippen MR) is 69.5 cm³/mol. The van der Waals surface area contributed by atoms with E-state index < -0.39 is 0 Å². The summed E-state index contributed by atoms with van der Waals surface area (Å²) >= 11 is 3.36. The lowest BCUT2D eigenvalue weighted by atomic mass is 10.2. The van der Waals surface area contributed by atoms with Crippen LogP contribution in [-0.2, 0) is 0 Å². The van der Waals surface area contributed by atoms with Crippen molar-refractivity contribution in [2.75, 3.05) is 19.0 Å². The lowest BCUT2D eigenvalue weighted by Crippen LogP contribution is -2.08. The fourth-order valence-corrected chi connectivity index (χ4v) is 1.73. The highest BCUT2D eigenvalue weighted by Gasteiger charge is 2.03. The van der Waals surface area contributed by atoms with Crippen LogP contribution in [0.5, 0.6) is 0 Å². The number of hydrogen-bond acceptors (Lipinski definition) is 3. The molecular weight excluding hydrogens is 266 g/mol. The first-order valence-electron chi connectivity index (χ1n) is 4.93. The normalized spacial score (nSPS) is 10.2. The van der Waals surface area contributed by atoms with Gasteiger partial charge in [-0.25, -0.2) is 4.98 Å². The summed E-state index contributed by atoms with van der Waals surface area (Å²) in [6, 6.07) is 9.80. The van der Waals surface area contributed by atoms with E-state index in [1.807, 2.05) is 49.3 Å². The average molecular weight is 278 g/mol. The van der Waals surface area contributed by atoms with Crippen molar-refractivity contribution in [2.24, 2.45) is 0 Å². The quantitative estimate of drug-likeness (QED) is 0.791. The molecule has 0 saturated carbocycles. The van der Waals surface area contributed by atoms with Crippen LogP contribution >= 0.6 is 15.9 Å². The lowest BCUT2D eigenvalue weighted by Gasteiger charge is -2.12. The van der Waals surface area contributed by atoms with Gasteiger partial charge < -0.3 is 4.90 Å². The van der Waals surface area contributed by atoms with Crippen LogP contribution in [0, 0.1) is 0 Å². The molecule has 4 heteroatoms. The summed E-state index contributed by atoms with van der Waals surface area (Å²) in [5.41, 5.74) is 2.87. The van der Waals surface area contributed by atoms with Gasteiger partial charge in [-0.15, -0.1) is 0 Å². The van der Waals surface area contributed by atoms with E-state index >= 15 is 0 Å². The zero-order valence-electron chi connectivity index (χ0n) is 9.18. The van der Waals surface area contributed by atoms with Gasteiger partial charge in [-0.05, 0) is 40.2 Å². The minimum atomic E-state index is 0.821. The highest BCUT2D eigenvalue weighted by Crippen LogP contribution is 2.20. The molecule has 0 unspecified atom stereocenters. The van der Waals surface area contributed by atoms with Crippen LogP contribution in [0.3, 0.4) is 0 Å². The second kappa shape index (κ2) is 4.61. The van der Waals surface area contributed by atoms with Crippen molar-refractivity contribution in [2.45, 2.75) is 0 Å². The molecule has 0 spiro atoms. The molecule has 0 fully saturated rings. The molecule has 0 saturated heterocycles. The van der Waals surface area contributed by atoms with Gasteiger partial charge in [0.1, 0.15) is 4.60 Å². The van der Waals surface area contributed by atoms with Crippen molar-refractivity contribution < 1.29 is 0 Å². The fraction of sp³-hybridized carbons (Fsp3) is 0.167. The molecule has 0 amide bonds. The van der Waals surface area contributed by atoms with Crippen molar-refractivity contribution in [3.63, 3.8) is 0 Å². The minimum absolute atomic E-state index is 0.821. The molecule has 2 rings (SSSR count). The van der Waals surface area contributed by atoms with Crippen LogP contribution in [-0.4, -0.2) is 24.1 Å². The summed E-state index contributed by atoms with van der Waals surface area (Å²) in [7, 11) is 4.01. The third kappa shape index (κ3) is 2.39. The van der Waals surface area contributed by atoms with Crippen LogP contribution in [0.25, 0.3) is 11.4 Å². The molecule has 0 aliphatic heterocycles. The van der Waals surface area contributed by atoms with E-state index in [1.54, 1.807) is 6.20 Å². The van der Waals surface area contributed by atoms with E-state index in [2.05, 4.69) is 25.9 Å². The molecule has 0 N–H and O–H groups in total. The third-order valence-corrected chi connectivity index (χ3v) is 2.68. The van der Waals surface area contributed by atoms with Gasteiger partial charge in [0.05, 0.1) is 11.4 Å². The van der Waals surface area contributed by atoms with E-state index in [1.165, 1.54) is 0 Å². The van der Waals surface area contributed by atoms with E-state index in [9.17, 15) is 0 Å². The predicted octanol–water partition coefficient (Wildman–Crippen LogP) is 2.97. The van der Waals surface area contributed by atoms with Gasteiger partial charge in [-0.2, -0.15) is 0 Å². The average Bonchev–Trinajstić information content (AvgIpc) is 2.29. The summed E-state index contributed by atoms with van der Waals surface area (Å²) in [6.07, 6.45) is 1.80. The number of hydrogen-bond donors (Lipinski definition) is 0. The van der Waals surface area contributed by atoms with Crippen molar-refractivity contribution in [3.05, 3.63) is 41.1 Å². The third-order valence-electron chi connectivity index (χ3n) is 2.24. The Hall–Kier alpha value is -1.42. The highest BCUT2D eigenvalue weighted by molar-refractivity contribution is 9.10. The second-order valence-electron chi connectivity index (χ2n) is 3.64. The van der Waals surface area contributed by atoms with E-state index in [4.69, 9.17) is 0 Å². The lowest BCUT2D eigenvalue weighted by molar-refractivity contribution is 1.12. The van der Waals surface area contributed by atoms with Crippen molar-refractivity contribution in [3.8, 4) is 11.4 Å². The first kappa shape index (κ1) is 11.1. The number of pyridine rings is 2. The van der Waals surface area contributed by atoms with Gasteiger partial charge in [-0.3, -0.25) is 4.98 Å². The van der Waals surface area contributed by atoms with Crippen LogP contribution in [0.15, 0.2) is 41.1 Å². The van der Waals surface area contributed by atoms with E-state index in [0.717, 1.165) is 21.7 Å². The Morgan fingerprint density at radius 2 is 1.94 bits per heavy atom. The molecule has 2 heterocycles. The molecule has 0 atom stereocenters. The molecule has 16 heavy (non-hydrogen) atoms. The highest BCUT2D eigenvalue weighted by atomic mass is 79.9. The summed E-state index contributed by atoms with van der Waals surface area (Å²) in [5.74, 6) is 0. The molecule has 82 valence electrons. The molecule has 0 radical (unpaired) electrons. The molecule has 0 bridgehead atoms. The SMILES string of the molecule is CN(C)c1ccnc(-c2cccc(Br)n2)c1. The number of rotatable bonds is 2. The van der Waals surface area contributed by atoms with Gasteiger partial charge in [0.25, 0.3) is 0 Å². The molecular formula is C12H12BrN3. The number of aromatic nitrogens is 2. The van der Waals surface area contributed by atoms with Crippen molar-refractivity contribution in [1.82, 2.24) is 9.97 Å². The zero-order valence-corrected chi connectivity index (χ0v) is 10.8. The molecule has 0 aliphatic rings. The Bertz CT molecular complexity index is 497. The first-order chi connectivity index (χ1) is 7.66. The minimum Gasteiger partial charge on any atom is -0.378 e. The Labute approximate surface area is 103 Å². The van der Waals surface area contributed by atoms with Crippen LogP contribution in [0.1, 0.15) is 0 Å². The fourth-order valence-electron chi connectivity index (χ4n) is 1.39. The summed E-state index contributed by atoms with van der Waals surface area (Å²) in [4.78, 5) is 10.7. The first-order valence-corrected chi connectivity index (χ1v) is 5.72. The van der Waals surface area contributed by atoms with Gasteiger partial charge >= 0.3 is 0 Å². The van der Waals surface area contributed by atoms with Crippen molar-refractivity contribution >= 4 is 21.6 Å². The van der Waals surface area contributed by atoms with Crippen LogP contribution in [0.2, 0.25) is 0 Å². The maximum Gasteiger partial charge on any atom is 0.106 e. The number of anilines is 1. The van der Waals surface area contributed by atoms with Crippen molar-refractivity contribution in [1.29, 1.82) is 0 Å². The topological polar surface area (TPSA) is 29.0 Å². The Morgan fingerprint density at radius 3 is 2.62 bits per heavy atom. The van der Waals surface area contributed by atoms with E-state index in [-0.39, 0.29) is 0 Å². The maximum atomic E-state index is 4.38. The molecule has 2 aromatic rings. The second-order valence-corrected chi connectivity index (χ2v) is 4.45. The largest absolute Gasteiger partial charge is 0.378 e. The van der Waals surface area contributed by atoms with Crippen LogP contribution in [0.4, 0.5) is 5.69 Å². The van der Waals surface area contributed by atoms with E-state index in [0.29, 0.717) is 0 Å². The summed E-state index contributed by atoms with van der Waals surface area (Å²) in [5, 5.41) is 0. The van der Waals surface area contributed by atoms with Gasteiger partial charge in [0, 0.05) is 26.0 Å². The molecule has 2 aromatic heterocycles. The zero-order chi connectivity index (χ0) is 11.5. The van der Waals surface area contributed by atoms with Gasteiger partial charge in [0.2, 0.25) is 0 Å². The Balaban J connectivity index is 2.44. The van der Waals surface area contributed by atoms with Gasteiger partial charge in [0.15, 0.2) is 0 Å². The summed E-state index contributed by atoms with van der Waals surface area (Å²) < 4.78 is 0.821. The molecule has 0 aromatic carbocycles. The maximum absolute atomic E-state index is 4.38. The standard InChI is InChI=1S/C12H12BrN3/c1-16(2)9-6-7-14-11(8-9)10-4-3-5-12(13)15-10/h3-8H,1-2H3. The Morgan fingerprint density at radius 1 is 1.12 bits per heavy atom. The smallest absolute Gasteiger partial charge is 0.106 e. The molecule has 0 aliphatic carbocycles. The summed E-state index contributed by atoms with van der Waals surface area (Å²) in [6.45, 7) is 0. The Kier molecular flexibility index (Phi) is 3.19.